The molecule has 7 nitrogen and oxygen atoms in total. The maximum atomic E-state index is 11.2. The molecule has 0 atom stereocenters. The van der Waals surface area contributed by atoms with E-state index in [-0.39, 0.29) is 12.5 Å². The lowest BCUT2D eigenvalue weighted by Crippen LogP contribution is -2.40. The third kappa shape index (κ3) is 2.06. The maximum absolute atomic E-state index is 11.2. The number of H-pyrrole nitrogens is 1. The zero-order valence-electron chi connectivity index (χ0n) is 7.85. The molecule has 0 radical (unpaired) electrons. The second kappa shape index (κ2) is 3.86. The maximum Gasteiger partial charge on any atom is 0.345 e. The molecule has 1 aromatic heterocycles. The number of carbonyl (C=O) groups excluding carboxylic acids is 1. The van der Waals surface area contributed by atoms with Gasteiger partial charge in [0.2, 0.25) is 5.91 Å². The highest BCUT2D eigenvalue weighted by atomic mass is 16.2. The van der Waals surface area contributed by atoms with Crippen LogP contribution in [0.15, 0.2) is 15.8 Å². The molecule has 0 spiro atoms. The number of rotatable bonds is 2. The van der Waals surface area contributed by atoms with Crippen LogP contribution in [-0.4, -0.2) is 39.7 Å². The Hall–Kier alpha value is -1.92. The fraction of sp³-hybridized carbons (Fsp3) is 0.429. The van der Waals surface area contributed by atoms with E-state index in [9.17, 15) is 14.4 Å². The standard InChI is InChI=1S/C7H10N4O3/c1-10(2)6(13)4-11-5(12)3-8-9-7(11)14/h3H,4H2,1-2H3,(H,9,14). The summed E-state index contributed by atoms with van der Waals surface area (Å²) in [5, 5.41) is 5.37. The van der Waals surface area contributed by atoms with E-state index in [2.05, 4.69) is 10.2 Å². The van der Waals surface area contributed by atoms with Crippen LogP contribution in [0.3, 0.4) is 0 Å². The van der Waals surface area contributed by atoms with Crippen LogP contribution in [0.5, 0.6) is 0 Å². The molecular formula is C7H10N4O3. The van der Waals surface area contributed by atoms with Crippen molar-refractivity contribution in [3.8, 4) is 0 Å². The number of aromatic nitrogens is 3. The minimum absolute atomic E-state index is 0.274. The Bertz CT molecular complexity index is 416. The molecular weight excluding hydrogens is 188 g/mol. The minimum Gasteiger partial charge on any atom is -0.347 e. The van der Waals surface area contributed by atoms with Crippen molar-refractivity contribution >= 4 is 5.91 Å². The van der Waals surface area contributed by atoms with Crippen molar-refractivity contribution in [3.63, 3.8) is 0 Å². The summed E-state index contributed by atoms with van der Waals surface area (Å²) in [5.74, 6) is -0.330. The number of aromatic amines is 1. The first-order chi connectivity index (χ1) is 6.52. The molecule has 0 unspecified atom stereocenters. The summed E-state index contributed by atoms with van der Waals surface area (Å²) in [6.45, 7) is -0.274. The number of amides is 1. The van der Waals surface area contributed by atoms with Crippen molar-refractivity contribution in [2.24, 2.45) is 0 Å². The van der Waals surface area contributed by atoms with Crippen LogP contribution in [0.2, 0.25) is 0 Å². The first-order valence-electron chi connectivity index (χ1n) is 3.87. The Balaban J connectivity index is 3.04. The molecule has 1 N–H and O–H groups in total. The summed E-state index contributed by atoms with van der Waals surface area (Å²) in [4.78, 5) is 34.7. The average Bonchev–Trinajstić information content (AvgIpc) is 2.11. The molecule has 0 aliphatic heterocycles. The smallest absolute Gasteiger partial charge is 0.345 e. The highest BCUT2D eigenvalue weighted by Gasteiger charge is 2.08. The zero-order valence-corrected chi connectivity index (χ0v) is 7.85. The van der Waals surface area contributed by atoms with E-state index < -0.39 is 11.2 Å². The highest BCUT2D eigenvalue weighted by Crippen LogP contribution is 1.80. The Labute approximate surface area is 79.0 Å². The normalized spacial score (nSPS) is 9.86. The van der Waals surface area contributed by atoms with Crippen LogP contribution in [0.4, 0.5) is 0 Å². The summed E-state index contributed by atoms with van der Waals surface area (Å²) < 4.78 is 0.787. The molecule has 1 aromatic rings. The lowest BCUT2D eigenvalue weighted by Gasteiger charge is -2.09. The third-order valence-corrected chi connectivity index (χ3v) is 1.64. The van der Waals surface area contributed by atoms with E-state index in [0.717, 1.165) is 10.8 Å². The van der Waals surface area contributed by atoms with Gasteiger partial charge in [-0.2, -0.15) is 5.10 Å². The molecule has 0 saturated carbocycles. The van der Waals surface area contributed by atoms with Crippen LogP contribution < -0.4 is 11.2 Å². The van der Waals surface area contributed by atoms with Crippen molar-refractivity contribution in [3.05, 3.63) is 27.0 Å². The van der Waals surface area contributed by atoms with Gasteiger partial charge in [-0.25, -0.2) is 14.5 Å². The fourth-order valence-corrected chi connectivity index (χ4v) is 0.799. The number of nitrogens with zero attached hydrogens (tertiary/aromatic N) is 3. The fourth-order valence-electron chi connectivity index (χ4n) is 0.799. The molecule has 1 rings (SSSR count). The predicted molar refractivity (Wildman–Crippen MR) is 47.8 cm³/mol. The third-order valence-electron chi connectivity index (χ3n) is 1.64. The van der Waals surface area contributed by atoms with Crippen LogP contribution in [0.25, 0.3) is 0 Å². The number of likely N-dealkylation sites (N-methyl/N-ethyl adjacent to an activating group) is 1. The first kappa shape index (κ1) is 10.2. The quantitative estimate of drug-likeness (QED) is 0.596. The van der Waals surface area contributed by atoms with E-state index in [1.807, 2.05) is 0 Å². The van der Waals surface area contributed by atoms with Crippen LogP contribution in [-0.2, 0) is 11.3 Å². The Morgan fingerprint density at radius 3 is 2.71 bits per heavy atom. The number of nitrogens with one attached hydrogen (secondary N) is 1. The van der Waals surface area contributed by atoms with Crippen LogP contribution >= 0.6 is 0 Å². The topological polar surface area (TPSA) is 88.1 Å². The summed E-state index contributed by atoms with van der Waals surface area (Å²) in [6.07, 6.45) is 0.949. The van der Waals surface area contributed by atoms with E-state index in [1.54, 1.807) is 14.1 Å². The van der Waals surface area contributed by atoms with Crippen molar-refractivity contribution in [2.75, 3.05) is 14.1 Å². The SMILES string of the molecule is CN(C)C(=O)Cn1c(=O)cn[nH]c1=O. The van der Waals surface area contributed by atoms with E-state index in [4.69, 9.17) is 0 Å². The summed E-state index contributed by atoms with van der Waals surface area (Å²) in [7, 11) is 3.09. The van der Waals surface area contributed by atoms with Gasteiger partial charge in [0, 0.05) is 14.1 Å². The lowest BCUT2D eigenvalue weighted by molar-refractivity contribution is -0.129. The highest BCUT2D eigenvalue weighted by molar-refractivity contribution is 5.75. The minimum atomic E-state index is -0.687. The number of hydrogen-bond donors (Lipinski definition) is 1. The van der Waals surface area contributed by atoms with Crippen LogP contribution in [0.1, 0.15) is 0 Å². The van der Waals surface area contributed by atoms with Gasteiger partial charge in [0.05, 0.1) is 0 Å². The Kier molecular flexibility index (Phi) is 2.80. The van der Waals surface area contributed by atoms with Crippen molar-refractivity contribution in [1.29, 1.82) is 0 Å². The molecule has 0 aliphatic rings. The first-order valence-corrected chi connectivity index (χ1v) is 3.87. The van der Waals surface area contributed by atoms with Crippen molar-refractivity contribution < 1.29 is 4.79 Å². The second-order valence-electron chi connectivity index (χ2n) is 2.89. The van der Waals surface area contributed by atoms with Gasteiger partial charge in [0.15, 0.2) is 0 Å². The van der Waals surface area contributed by atoms with Gasteiger partial charge in [-0.15, -0.1) is 0 Å². The monoisotopic (exact) mass is 198 g/mol. The Morgan fingerprint density at radius 2 is 2.21 bits per heavy atom. The van der Waals surface area contributed by atoms with Gasteiger partial charge in [0.1, 0.15) is 12.7 Å². The summed E-state index contributed by atoms with van der Waals surface area (Å²) in [5.41, 5.74) is -1.28. The second-order valence-corrected chi connectivity index (χ2v) is 2.89. The molecule has 0 saturated heterocycles. The average molecular weight is 198 g/mol. The van der Waals surface area contributed by atoms with E-state index >= 15 is 0 Å². The molecule has 14 heavy (non-hydrogen) atoms. The molecule has 1 heterocycles. The molecule has 7 heteroatoms. The molecule has 76 valence electrons. The molecule has 0 aromatic carbocycles. The van der Waals surface area contributed by atoms with Crippen molar-refractivity contribution in [1.82, 2.24) is 19.7 Å². The number of hydrogen-bond acceptors (Lipinski definition) is 4. The van der Waals surface area contributed by atoms with Gasteiger partial charge < -0.3 is 4.90 Å². The van der Waals surface area contributed by atoms with Gasteiger partial charge in [-0.05, 0) is 0 Å². The predicted octanol–water partition coefficient (Wildman–Crippen LogP) is -1.98. The zero-order chi connectivity index (χ0) is 10.7. The summed E-state index contributed by atoms with van der Waals surface area (Å²) in [6, 6.07) is 0. The summed E-state index contributed by atoms with van der Waals surface area (Å²) >= 11 is 0. The Morgan fingerprint density at radius 1 is 1.57 bits per heavy atom. The molecule has 0 fully saturated rings. The largest absolute Gasteiger partial charge is 0.347 e. The van der Waals surface area contributed by atoms with Gasteiger partial charge in [0.25, 0.3) is 5.56 Å². The van der Waals surface area contributed by atoms with Crippen LogP contribution in [0, 0.1) is 0 Å². The molecule has 0 aliphatic carbocycles. The van der Waals surface area contributed by atoms with E-state index in [0.29, 0.717) is 0 Å². The molecule has 0 bridgehead atoms. The van der Waals surface area contributed by atoms with Gasteiger partial charge in [-0.3, -0.25) is 9.59 Å². The molecule has 1 amide bonds. The van der Waals surface area contributed by atoms with Gasteiger partial charge >= 0.3 is 5.69 Å². The lowest BCUT2D eigenvalue weighted by atomic mass is 10.5. The number of carbonyl (C=O) groups is 1. The van der Waals surface area contributed by atoms with Crippen molar-refractivity contribution in [2.45, 2.75) is 6.54 Å². The van der Waals surface area contributed by atoms with Gasteiger partial charge in [-0.1, -0.05) is 0 Å². The van der Waals surface area contributed by atoms with E-state index in [1.165, 1.54) is 4.90 Å².